The standard InChI is InChI=1S/C21H24ClN.C11H13F3N2/c1-4-5-6-18-19-13-17(22)11-12-20(19)23-21(18)15(3)16-9-7-14(2)8-10-16;1-4-5-9(3)16-10(7-15)6-8(2)11(12,13)14/h7-13,15,23H,4-6H2,1-3H3;6H,2,4-5H2,1,3H3/b;10-6-,16-9?/t15-;/m0./s1. The summed E-state index contributed by atoms with van der Waals surface area (Å²) in [5.74, 6) is 0.355. The van der Waals surface area contributed by atoms with Crippen molar-refractivity contribution in [2.24, 2.45) is 4.99 Å². The van der Waals surface area contributed by atoms with Gasteiger partial charge in [0.1, 0.15) is 11.8 Å². The zero-order valence-electron chi connectivity index (χ0n) is 23.3. The van der Waals surface area contributed by atoms with E-state index in [0.29, 0.717) is 24.1 Å². The highest BCUT2D eigenvalue weighted by molar-refractivity contribution is 6.31. The number of aromatic amines is 1. The molecule has 39 heavy (non-hydrogen) atoms. The molecule has 3 aromatic rings. The molecule has 3 nitrogen and oxygen atoms in total. The molecule has 1 heterocycles. The fourth-order valence-electron chi connectivity index (χ4n) is 4.21. The van der Waals surface area contributed by atoms with Crippen molar-refractivity contribution in [2.75, 3.05) is 0 Å². The third kappa shape index (κ3) is 9.44. The van der Waals surface area contributed by atoms with Gasteiger partial charge in [0.25, 0.3) is 0 Å². The molecule has 2 aromatic carbocycles. The minimum Gasteiger partial charge on any atom is -0.358 e. The van der Waals surface area contributed by atoms with Gasteiger partial charge >= 0.3 is 6.18 Å². The van der Waals surface area contributed by atoms with E-state index in [4.69, 9.17) is 16.9 Å². The number of benzene rings is 2. The topological polar surface area (TPSA) is 51.9 Å². The Morgan fingerprint density at radius 2 is 1.82 bits per heavy atom. The molecule has 0 amide bonds. The van der Waals surface area contributed by atoms with Crippen LogP contribution in [0.5, 0.6) is 0 Å². The van der Waals surface area contributed by atoms with Gasteiger partial charge in [-0.3, -0.25) is 0 Å². The molecule has 0 aliphatic heterocycles. The van der Waals surface area contributed by atoms with Crippen molar-refractivity contribution in [3.63, 3.8) is 0 Å². The van der Waals surface area contributed by atoms with Crippen LogP contribution in [0.2, 0.25) is 5.02 Å². The van der Waals surface area contributed by atoms with Gasteiger partial charge in [-0.25, -0.2) is 4.99 Å². The molecule has 0 unspecified atom stereocenters. The van der Waals surface area contributed by atoms with E-state index in [1.54, 1.807) is 13.0 Å². The number of halogens is 4. The minimum absolute atomic E-state index is 0.270. The molecule has 0 aliphatic rings. The van der Waals surface area contributed by atoms with Gasteiger partial charge in [-0.1, -0.05) is 81.6 Å². The first kappa shape index (κ1) is 31.9. The highest BCUT2D eigenvalue weighted by atomic mass is 35.5. The Morgan fingerprint density at radius 1 is 1.15 bits per heavy atom. The van der Waals surface area contributed by atoms with Crippen molar-refractivity contribution in [1.29, 1.82) is 5.26 Å². The summed E-state index contributed by atoms with van der Waals surface area (Å²) in [5, 5.41) is 10.7. The number of fused-ring (bicyclic) bond motifs is 1. The summed E-state index contributed by atoms with van der Waals surface area (Å²) in [5.41, 5.74) is 5.89. The molecule has 0 bridgehead atoms. The molecule has 1 N–H and O–H groups in total. The first-order valence-electron chi connectivity index (χ1n) is 13.2. The first-order valence-corrected chi connectivity index (χ1v) is 13.6. The molecule has 0 fully saturated rings. The van der Waals surface area contributed by atoms with Crippen molar-refractivity contribution in [3.05, 3.63) is 93.8 Å². The number of hydrogen-bond donors (Lipinski definition) is 1. The number of hydrogen-bond acceptors (Lipinski definition) is 2. The third-order valence-corrected chi connectivity index (χ3v) is 6.64. The summed E-state index contributed by atoms with van der Waals surface area (Å²) in [6.07, 6.45) is 1.11. The van der Waals surface area contributed by atoms with E-state index >= 15 is 0 Å². The van der Waals surface area contributed by atoms with E-state index in [-0.39, 0.29) is 5.70 Å². The number of nitrogens with one attached hydrogen (secondary N) is 1. The second kappa shape index (κ2) is 14.7. The molecule has 0 aliphatic carbocycles. The fourth-order valence-corrected chi connectivity index (χ4v) is 4.39. The van der Waals surface area contributed by atoms with Crippen LogP contribution in [0, 0.1) is 18.3 Å². The van der Waals surface area contributed by atoms with Gasteiger partial charge in [-0.05, 0) is 68.5 Å². The Labute approximate surface area is 235 Å². The van der Waals surface area contributed by atoms with Crippen LogP contribution in [0.25, 0.3) is 10.9 Å². The zero-order chi connectivity index (χ0) is 29.2. The predicted octanol–water partition coefficient (Wildman–Crippen LogP) is 10.4. The van der Waals surface area contributed by atoms with Crippen LogP contribution in [0.4, 0.5) is 13.2 Å². The number of alkyl halides is 3. The van der Waals surface area contributed by atoms with Crippen LogP contribution in [0.3, 0.4) is 0 Å². The molecule has 1 atom stereocenters. The van der Waals surface area contributed by atoms with E-state index < -0.39 is 11.7 Å². The van der Waals surface area contributed by atoms with E-state index in [1.165, 1.54) is 46.1 Å². The molecule has 208 valence electrons. The highest BCUT2D eigenvalue weighted by Gasteiger charge is 2.30. The summed E-state index contributed by atoms with van der Waals surface area (Å²) in [4.78, 5) is 7.45. The van der Waals surface area contributed by atoms with Crippen LogP contribution in [0.1, 0.15) is 81.7 Å². The van der Waals surface area contributed by atoms with Crippen LogP contribution < -0.4 is 0 Å². The van der Waals surface area contributed by atoms with Crippen molar-refractivity contribution >= 4 is 28.2 Å². The van der Waals surface area contributed by atoms with E-state index in [0.717, 1.165) is 17.9 Å². The second-order valence-electron chi connectivity index (χ2n) is 9.70. The quantitative estimate of drug-likeness (QED) is 0.159. The summed E-state index contributed by atoms with van der Waals surface area (Å²) in [7, 11) is 0. The van der Waals surface area contributed by atoms with Crippen molar-refractivity contribution in [2.45, 2.75) is 78.8 Å². The highest BCUT2D eigenvalue weighted by Crippen LogP contribution is 2.34. The lowest BCUT2D eigenvalue weighted by molar-refractivity contribution is -0.0878. The second-order valence-corrected chi connectivity index (χ2v) is 10.1. The van der Waals surface area contributed by atoms with Gasteiger partial charge in [-0.15, -0.1) is 0 Å². The lowest BCUT2D eigenvalue weighted by atomic mass is 9.92. The van der Waals surface area contributed by atoms with E-state index in [1.807, 2.05) is 13.0 Å². The average molecular weight is 556 g/mol. The molecule has 7 heteroatoms. The molecule has 3 rings (SSSR count). The third-order valence-electron chi connectivity index (χ3n) is 6.40. The Bertz CT molecular complexity index is 1360. The maximum Gasteiger partial charge on any atom is 0.415 e. The van der Waals surface area contributed by atoms with Gasteiger partial charge in [-0.2, -0.15) is 18.4 Å². The molecule has 0 radical (unpaired) electrons. The Kier molecular flexibility index (Phi) is 12.1. The molecular weight excluding hydrogens is 519 g/mol. The van der Waals surface area contributed by atoms with Crippen molar-refractivity contribution < 1.29 is 13.2 Å². The van der Waals surface area contributed by atoms with E-state index in [2.05, 4.69) is 73.7 Å². The van der Waals surface area contributed by atoms with Crippen molar-refractivity contribution in [1.82, 2.24) is 4.98 Å². The largest absolute Gasteiger partial charge is 0.415 e. The Balaban J connectivity index is 0.000000295. The smallest absolute Gasteiger partial charge is 0.358 e. The average Bonchev–Trinajstić information content (AvgIpc) is 3.24. The number of unbranched alkanes of at least 4 members (excludes halogenated alkanes) is 1. The predicted molar refractivity (Wildman–Crippen MR) is 158 cm³/mol. The fraction of sp³-hybridized carbons (Fsp3) is 0.375. The minimum atomic E-state index is -4.52. The number of allylic oxidation sites excluding steroid dienone is 3. The number of nitrogens with zero attached hydrogens (tertiary/aromatic N) is 2. The molecular formula is C32H37ClF3N3. The van der Waals surface area contributed by atoms with Gasteiger partial charge in [0.15, 0.2) is 0 Å². The van der Waals surface area contributed by atoms with Crippen molar-refractivity contribution in [3.8, 4) is 6.07 Å². The number of rotatable bonds is 9. The summed E-state index contributed by atoms with van der Waals surface area (Å²) >= 11 is 6.23. The Hall–Kier alpha value is -3.30. The van der Waals surface area contributed by atoms with Gasteiger partial charge in [0.2, 0.25) is 0 Å². The maximum atomic E-state index is 12.1. The lowest BCUT2D eigenvalue weighted by Crippen LogP contribution is -2.09. The van der Waals surface area contributed by atoms with Crippen LogP contribution in [0.15, 0.2) is 71.4 Å². The molecule has 0 saturated carbocycles. The monoisotopic (exact) mass is 555 g/mol. The summed E-state index contributed by atoms with van der Waals surface area (Å²) in [6.45, 7) is 13.1. The number of nitriles is 1. The van der Waals surface area contributed by atoms with Gasteiger partial charge < -0.3 is 4.98 Å². The van der Waals surface area contributed by atoms with Crippen LogP contribution >= 0.6 is 11.6 Å². The summed E-state index contributed by atoms with van der Waals surface area (Å²) in [6, 6.07) is 16.6. The lowest BCUT2D eigenvalue weighted by Gasteiger charge is -2.14. The number of aliphatic imine (C=N–C) groups is 1. The number of aryl methyl sites for hydroxylation is 2. The normalized spacial score (nSPS) is 13.0. The zero-order valence-corrected chi connectivity index (χ0v) is 24.1. The SMILES string of the molecule is C=C(/C=C(/C#N)N=C(C)CCC)C(F)(F)F.CCCCc1c([C@@H](C)c2ccc(C)cc2)[nH]c2ccc(Cl)cc12. The van der Waals surface area contributed by atoms with Crippen LogP contribution in [-0.4, -0.2) is 16.9 Å². The molecule has 0 spiro atoms. The Morgan fingerprint density at radius 3 is 2.38 bits per heavy atom. The van der Waals surface area contributed by atoms with E-state index in [9.17, 15) is 13.2 Å². The van der Waals surface area contributed by atoms with Gasteiger partial charge in [0.05, 0.1) is 5.57 Å². The number of H-pyrrole nitrogens is 1. The first-order chi connectivity index (χ1) is 18.4. The maximum absolute atomic E-state index is 12.1. The van der Waals surface area contributed by atoms with Gasteiger partial charge in [0, 0.05) is 33.2 Å². The molecule has 1 aromatic heterocycles. The molecule has 0 saturated heterocycles. The van der Waals surface area contributed by atoms with Crippen LogP contribution in [-0.2, 0) is 6.42 Å². The number of aromatic nitrogens is 1. The summed E-state index contributed by atoms with van der Waals surface area (Å²) < 4.78 is 36.4.